The van der Waals surface area contributed by atoms with Crippen molar-refractivity contribution in [3.05, 3.63) is 112 Å². The molecule has 2 aromatic carbocycles. The summed E-state index contributed by atoms with van der Waals surface area (Å²) in [5.41, 5.74) is 0.931. The fourth-order valence-corrected chi connectivity index (χ4v) is 7.75. The number of anilines is 2. The third-order valence-electron chi connectivity index (χ3n) is 10.4. The summed E-state index contributed by atoms with van der Waals surface area (Å²) in [5, 5.41) is 13.0. The predicted octanol–water partition coefficient (Wildman–Crippen LogP) is 6.45. The van der Waals surface area contributed by atoms with E-state index < -0.39 is 17.0 Å². The van der Waals surface area contributed by atoms with Gasteiger partial charge in [0.1, 0.15) is 17.1 Å². The number of Topliss-reactive ketones (excluding diaryl/α,β-unsaturated/α-hetero) is 1. The number of hydrogen-bond acceptors (Lipinski definition) is 7. The van der Waals surface area contributed by atoms with E-state index in [0.717, 1.165) is 35.5 Å². The molecule has 2 amide bonds. The molecule has 2 fully saturated rings. The number of carbonyl (C=O) groups is 3. The number of nitriles is 1. The van der Waals surface area contributed by atoms with Crippen LogP contribution in [0.2, 0.25) is 10.0 Å². The van der Waals surface area contributed by atoms with E-state index in [0.29, 0.717) is 34.1 Å². The topological polar surface area (TPSA) is 139 Å². The van der Waals surface area contributed by atoms with Crippen LogP contribution in [0.25, 0.3) is 11.4 Å². The molecule has 0 saturated heterocycles. The molecule has 4 heterocycles. The molecule has 256 valence electrons. The number of halogens is 2. The lowest BCUT2D eigenvalue weighted by atomic mass is 9.90. The monoisotopic (exact) mass is 718 g/mol. The molecule has 1 aliphatic heterocycles. The van der Waals surface area contributed by atoms with Gasteiger partial charge in [-0.15, -0.1) is 0 Å². The van der Waals surface area contributed by atoms with Gasteiger partial charge in [0, 0.05) is 65.2 Å². The van der Waals surface area contributed by atoms with Crippen molar-refractivity contribution in [3.8, 4) is 17.5 Å². The lowest BCUT2D eigenvalue weighted by Gasteiger charge is -2.27. The van der Waals surface area contributed by atoms with Crippen molar-refractivity contribution in [2.24, 2.45) is 7.05 Å². The Hall–Kier alpha value is -5.31. The number of hydrogen-bond donors (Lipinski definition) is 1. The zero-order valence-electron chi connectivity index (χ0n) is 27.9. The Bertz CT molecular complexity index is 2260. The van der Waals surface area contributed by atoms with Gasteiger partial charge in [0.2, 0.25) is 5.95 Å². The standard InChI is InChI=1S/C38H32Cl2N8O3/c1-36(18-23-3-5-24(20-41)6-4-23)34(51)47(28-16-26(39)15-27(40)17-28)35-44-22-29(48(35)36)33(50)45-38(11-12-38)31(49)19-37(9-10-37)30-8-7-25(21-43-30)32-42-13-14-46(32)2/h3-8,13-17,21-22H,9-12,18-19H2,1-2H3,(H,45,50)/t36-/m1/s1. The third kappa shape index (κ3) is 5.59. The fourth-order valence-electron chi connectivity index (χ4n) is 7.24. The van der Waals surface area contributed by atoms with Crippen LogP contribution in [0.1, 0.15) is 66.3 Å². The van der Waals surface area contributed by atoms with Gasteiger partial charge in [-0.3, -0.25) is 23.9 Å². The molecule has 1 atom stereocenters. The molecule has 0 bridgehead atoms. The van der Waals surface area contributed by atoms with Gasteiger partial charge in [0.15, 0.2) is 5.78 Å². The summed E-state index contributed by atoms with van der Waals surface area (Å²) in [4.78, 5) is 57.7. The molecular weight excluding hydrogens is 687 g/mol. The highest BCUT2D eigenvalue weighted by Crippen LogP contribution is 2.53. The van der Waals surface area contributed by atoms with Crippen LogP contribution < -0.4 is 10.2 Å². The summed E-state index contributed by atoms with van der Waals surface area (Å²) >= 11 is 12.7. The van der Waals surface area contributed by atoms with Crippen LogP contribution in [0.5, 0.6) is 0 Å². The first-order valence-corrected chi connectivity index (χ1v) is 17.4. The van der Waals surface area contributed by atoms with Crippen LogP contribution in [-0.2, 0) is 34.0 Å². The van der Waals surface area contributed by atoms with E-state index in [1.165, 1.54) is 11.1 Å². The molecule has 0 spiro atoms. The molecule has 3 aromatic heterocycles. The molecule has 8 rings (SSSR count). The summed E-state index contributed by atoms with van der Waals surface area (Å²) < 4.78 is 3.56. The van der Waals surface area contributed by atoms with Gasteiger partial charge in [-0.05, 0) is 80.6 Å². The van der Waals surface area contributed by atoms with E-state index in [4.69, 9.17) is 28.2 Å². The number of amides is 2. The second-order valence-electron chi connectivity index (χ2n) is 14.0. The van der Waals surface area contributed by atoms with Gasteiger partial charge in [0.25, 0.3) is 11.8 Å². The van der Waals surface area contributed by atoms with Crippen LogP contribution in [0.4, 0.5) is 11.6 Å². The van der Waals surface area contributed by atoms with E-state index in [2.05, 4.69) is 21.4 Å². The van der Waals surface area contributed by atoms with Crippen molar-refractivity contribution in [3.63, 3.8) is 0 Å². The second-order valence-corrected chi connectivity index (χ2v) is 14.9. The van der Waals surface area contributed by atoms with E-state index in [9.17, 15) is 19.6 Å². The Morgan fingerprint density at radius 1 is 0.961 bits per heavy atom. The van der Waals surface area contributed by atoms with Crippen molar-refractivity contribution >= 4 is 52.4 Å². The van der Waals surface area contributed by atoms with E-state index in [1.54, 1.807) is 66.3 Å². The molecule has 5 aromatic rings. The first-order valence-electron chi connectivity index (χ1n) is 16.6. The van der Waals surface area contributed by atoms with Crippen molar-refractivity contribution in [2.45, 2.75) is 61.9 Å². The summed E-state index contributed by atoms with van der Waals surface area (Å²) in [6.45, 7) is 1.75. The highest BCUT2D eigenvalue weighted by molar-refractivity contribution is 6.35. The molecule has 3 aliphatic rings. The quantitative estimate of drug-likeness (QED) is 0.175. The SMILES string of the molecule is Cn1ccnc1-c1ccc(C2(CC(=O)C3(NC(=O)c4cnc5n4[C@](C)(Cc4ccc(C#N)cc4)C(=O)N5c4cc(Cl)cc(Cl)c4)CC3)CC2)nc1. The number of carbonyl (C=O) groups excluding carboxylic acids is 3. The maximum atomic E-state index is 14.4. The highest BCUT2D eigenvalue weighted by Gasteiger charge is 2.57. The molecule has 0 unspecified atom stereocenters. The third-order valence-corrected chi connectivity index (χ3v) is 10.9. The van der Waals surface area contributed by atoms with Crippen LogP contribution >= 0.6 is 23.2 Å². The largest absolute Gasteiger partial charge is 0.338 e. The average molecular weight is 720 g/mol. The number of imidazole rings is 2. The van der Waals surface area contributed by atoms with Crippen molar-refractivity contribution in [1.82, 2.24) is 29.4 Å². The summed E-state index contributed by atoms with van der Waals surface area (Å²) in [5.74, 6) is 0.183. The van der Waals surface area contributed by atoms with Gasteiger partial charge >= 0.3 is 0 Å². The molecule has 51 heavy (non-hydrogen) atoms. The number of aromatic nitrogens is 5. The van der Waals surface area contributed by atoms with Crippen LogP contribution in [0.3, 0.4) is 0 Å². The highest BCUT2D eigenvalue weighted by atomic mass is 35.5. The smallest absolute Gasteiger partial charge is 0.270 e. The molecular formula is C38H32Cl2N8O3. The average Bonchev–Trinajstić information content (AvgIpc) is 3.95. The number of fused-ring (bicyclic) bond motifs is 1. The van der Waals surface area contributed by atoms with Crippen molar-refractivity contribution in [1.29, 1.82) is 5.26 Å². The Kier molecular flexibility index (Phi) is 7.67. The first-order chi connectivity index (χ1) is 24.4. The lowest BCUT2D eigenvalue weighted by molar-refractivity contribution is -0.124. The number of aryl methyl sites for hydroxylation is 1. The van der Waals surface area contributed by atoms with E-state index >= 15 is 0 Å². The summed E-state index contributed by atoms with van der Waals surface area (Å²) in [7, 11) is 1.93. The predicted molar refractivity (Wildman–Crippen MR) is 191 cm³/mol. The summed E-state index contributed by atoms with van der Waals surface area (Å²) in [6, 6.07) is 17.8. The number of pyridine rings is 1. The minimum atomic E-state index is -1.30. The van der Waals surface area contributed by atoms with E-state index in [1.807, 2.05) is 29.9 Å². The zero-order valence-corrected chi connectivity index (χ0v) is 29.4. The maximum Gasteiger partial charge on any atom is 0.270 e. The normalized spacial score (nSPS) is 19.4. The molecule has 13 heteroatoms. The maximum absolute atomic E-state index is 14.4. The second kappa shape index (κ2) is 11.9. The molecule has 11 nitrogen and oxygen atoms in total. The lowest BCUT2D eigenvalue weighted by Crippen LogP contribution is -2.47. The fraction of sp³-hybridized carbons (Fsp3) is 0.289. The summed E-state index contributed by atoms with van der Waals surface area (Å²) in [6.07, 6.45) is 10.0. The van der Waals surface area contributed by atoms with Crippen molar-refractivity contribution < 1.29 is 14.4 Å². The van der Waals surface area contributed by atoms with E-state index in [-0.39, 0.29) is 41.6 Å². The molecule has 2 aliphatic carbocycles. The van der Waals surface area contributed by atoms with Crippen LogP contribution in [0, 0.1) is 11.3 Å². The van der Waals surface area contributed by atoms with Gasteiger partial charge in [-0.2, -0.15) is 5.26 Å². The molecule has 1 N–H and O–H groups in total. The Balaban J connectivity index is 1.07. The van der Waals surface area contributed by atoms with Crippen molar-refractivity contribution in [2.75, 3.05) is 4.90 Å². The van der Waals surface area contributed by atoms with Gasteiger partial charge in [-0.25, -0.2) is 14.9 Å². The number of ketones is 1. The number of nitrogens with one attached hydrogen (secondary N) is 1. The van der Waals surface area contributed by atoms with Gasteiger partial charge < -0.3 is 9.88 Å². The zero-order chi connectivity index (χ0) is 35.7. The van der Waals surface area contributed by atoms with Crippen LogP contribution in [-0.4, -0.2) is 47.2 Å². The molecule has 0 radical (unpaired) electrons. The first kappa shape index (κ1) is 32.9. The number of nitrogens with zero attached hydrogens (tertiary/aromatic N) is 7. The molecule has 2 saturated carbocycles. The Morgan fingerprint density at radius 3 is 2.27 bits per heavy atom. The number of benzene rings is 2. The minimum absolute atomic E-state index is 0.0314. The Labute approximate surface area is 303 Å². The van der Waals surface area contributed by atoms with Crippen LogP contribution in [0.15, 0.2) is 79.4 Å². The van der Waals surface area contributed by atoms with Gasteiger partial charge in [0.05, 0.1) is 29.1 Å². The Morgan fingerprint density at radius 2 is 1.69 bits per heavy atom. The minimum Gasteiger partial charge on any atom is -0.338 e. The van der Waals surface area contributed by atoms with Gasteiger partial charge in [-0.1, -0.05) is 35.3 Å². The number of rotatable bonds is 10.